The fourth-order valence-electron chi connectivity index (χ4n) is 2.21. The lowest BCUT2D eigenvalue weighted by Crippen LogP contribution is -2.39. The number of methoxy groups -OCH3 is 1. The molecule has 1 aromatic heterocycles. The van der Waals surface area contributed by atoms with Crippen molar-refractivity contribution in [3.8, 4) is 11.8 Å². The zero-order valence-electron chi connectivity index (χ0n) is 13.6. The number of benzene rings is 1. The van der Waals surface area contributed by atoms with Gasteiger partial charge in [-0.25, -0.2) is 5.01 Å². The maximum absolute atomic E-state index is 9.06. The summed E-state index contributed by atoms with van der Waals surface area (Å²) in [4.78, 5) is 4.14. The maximum Gasteiger partial charge on any atom is 0.118 e. The van der Waals surface area contributed by atoms with Crippen LogP contribution in [0.1, 0.15) is 18.1 Å². The van der Waals surface area contributed by atoms with Gasteiger partial charge in [0.2, 0.25) is 0 Å². The van der Waals surface area contributed by atoms with Crippen LogP contribution in [0.5, 0.6) is 5.75 Å². The van der Waals surface area contributed by atoms with Crippen LogP contribution in [0.2, 0.25) is 0 Å². The van der Waals surface area contributed by atoms with E-state index in [0.717, 1.165) is 16.9 Å². The first kappa shape index (κ1) is 16.9. The number of hydrogen-bond acceptors (Lipinski definition) is 5. The van der Waals surface area contributed by atoms with Gasteiger partial charge in [-0.15, -0.1) is 0 Å². The first-order valence-electron chi connectivity index (χ1n) is 7.61. The largest absolute Gasteiger partial charge is 0.497 e. The van der Waals surface area contributed by atoms with Crippen molar-refractivity contribution in [2.75, 3.05) is 13.7 Å². The Balaban J connectivity index is 1.97. The number of nitriles is 1. The lowest BCUT2D eigenvalue weighted by molar-refractivity contribution is 0.161. The van der Waals surface area contributed by atoms with E-state index in [-0.39, 0.29) is 5.92 Å². The number of pyridine rings is 1. The van der Waals surface area contributed by atoms with Crippen LogP contribution in [-0.2, 0) is 13.1 Å². The van der Waals surface area contributed by atoms with Crippen LogP contribution in [0, 0.1) is 17.2 Å². The summed E-state index contributed by atoms with van der Waals surface area (Å²) in [6, 6.07) is 14.2. The number of hydrogen-bond donors (Lipinski definition) is 1. The molecule has 1 N–H and O–H groups in total. The zero-order valence-corrected chi connectivity index (χ0v) is 13.6. The van der Waals surface area contributed by atoms with Gasteiger partial charge in [0, 0.05) is 32.0 Å². The van der Waals surface area contributed by atoms with Gasteiger partial charge < -0.3 is 4.74 Å². The highest BCUT2D eigenvalue weighted by atomic mass is 16.5. The molecule has 5 heteroatoms. The van der Waals surface area contributed by atoms with Crippen LogP contribution in [0.3, 0.4) is 0 Å². The van der Waals surface area contributed by atoms with E-state index < -0.39 is 0 Å². The lowest BCUT2D eigenvalue weighted by Gasteiger charge is -2.24. The van der Waals surface area contributed by atoms with E-state index in [2.05, 4.69) is 21.5 Å². The molecule has 0 radical (unpaired) electrons. The standard InChI is InChI=1S/C18H22N4O/c1-15(10-19)13-22(14-17-4-3-9-20-11-17)21-12-16-5-7-18(23-2)8-6-16/h3-9,11,15,21H,12-14H2,1-2H3. The Hall–Kier alpha value is -2.42. The van der Waals surface area contributed by atoms with Crippen LogP contribution >= 0.6 is 0 Å². The Morgan fingerprint density at radius 2 is 2.04 bits per heavy atom. The number of aromatic nitrogens is 1. The smallest absolute Gasteiger partial charge is 0.118 e. The Labute approximate surface area is 137 Å². The quantitative estimate of drug-likeness (QED) is 0.760. The molecular weight excluding hydrogens is 288 g/mol. The monoisotopic (exact) mass is 310 g/mol. The summed E-state index contributed by atoms with van der Waals surface area (Å²) in [5.74, 6) is 0.800. The number of nitrogens with zero attached hydrogens (tertiary/aromatic N) is 3. The topological polar surface area (TPSA) is 61.2 Å². The van der Waals surface area contributed by atoms with E-state index >= 15 is 0 Å². The second-order valence-corrected chi connectivity index (χ2v) is 5.45. The van der Waals surface area contributed by atoms with Crippen molar-refractivity contribution in [2.24, 2.45) is 5.92 Å². The number of ether oxygens (including phenoxy) is 1. The minimum atomic E-state index is -0.0463. The van der Waals surface area contributed by atoms with Crippen molar-refractivity contribution in [3.05, 3.63) is 59.9 Å². The molecule has 0 bridgehead atoms. The van der Waals surface area contributed by atoms with Gasteiger partial charge in [-0.3, -0.25) is 10.4 Å². The average Bonchev–Trinajstić information content (AvgIpc) is 2.61. The van der Waals surface area contributed by atoms with Gasteiger partial charge >= 0.3 is 0 Å². The van der Waals surface area contributed by atoms with E-state index in [9.17, 15) is 0 Å². The number of nitrogens with one attached hydrogen (secondary N) is 1. The first-order valence-corrected chi connectivity index (χ1v) is 7.61. The maximum atomic E-state index is 9.06. The molecule has 0 aliphatic rings. The second kappa shape index (κ2) is 8.89. The molecule has 0 saturated heterocycles. The lowest BCUT2D eigenvalue weighted by atomic mass is 10.2. The molecule has 23 heavy (non-hydrogen) atoms. The summed E-state index contributed by atoms with van der Waals surface area (Å²) < 4.78 is 5.17. The highest BCUT2D eigenvalue weighted by Gasteiger charge is 2.10. The fraction of sp³-hybridized carbons (Fsp3) is 0.333. The highest BCUT2D eigenvalue weighted by molar-refractivity contribution is 5.26. The van der Waals surface area contributed by atoms with Gasteiger partial charge in [-0.05, 0) is 36.2 Å². The molecule has 1 atom stereocenters. The molecule has 2 aromatic rings. The van der Waals surface area contributed by atoms with Crippen LogP contribution in [-0.4, -0.2) is 23.6 Å². The third-order valence-corrected chi connectivity index (χ3v) is 3.48. The molecule has 0 aliphatic carbocycles. The molecule has 0 fully saturated rings. The SMILES string of the molecule is COc1ccc(CNN(Cc2cccnc2)CC(C)C#N)cc1. The van der Waals surface area contributed by atoms with Gasteiger partial charge in [0.1, 0.15) is 5.75 Å². The second-order valence-electron chi connectivity index (χ2n) is 5.45. The van der Waals surface area contributed by atoms with Crippen molar-refractivity contribution in [1.82, 2.24) is 15.4 Å². The molecule has 1 unspecified atom stereocenters. The van der Waals surface area contributed by atoms with E-state index in [1.54, 1.807) is 13.3 Å². The fourth-order valence-corrected chi connectivity index (χ4v) is 2.21. The zero-order chi connectivity index (χ0) is 16.5. The Morgan fingerprint density at radius 3 is 2.65 bits per heavy atom. The predicted octanol–water partition coefficient (Wildman–Crippen LogP) is 2.76. The Kier molecular flexibility index (Phi) is 6.55. The molecule has 1 aromatic carbocycles. The molecule has 0 saturated carbocycles. The average molecular weight is 310 g/mol. The number of rotatable bonds is 8. The summed E-state index contributed by atoms with van der Waals surface area (Å²) in [7, 11) is 1.66. The van der Waals surface area contributed by atoms with Crippen LogP contribution in [0.25, 0.3) is 0 Å². The molecule has 0 spiro atoms. The van der Waals surface area contributed by atoms with E-state index in [1.165, 1.54) is 0 Å². The Morgan fingerprint density at radius 1 is 1.26 bits per heavy atom. The van der Waals surface area contributed by atoms with E-state index in [4.69, 9.17) is 10.00 Å². The third-order valence-electron chi connectivity index (χ3n) is 3.48. The minimum Gasteiger partial charge on any atom is -0.497 e. The van der Waals surface area contributed by atoms with Crippen molar-refractivity contribution < 1.29 is 4.74 Å². The molecule has 0 aliphatic heterocycles. The van der Waals surface area contributed by atoms with Gasteiger partial charge in [0.05, 0.1) is 19.1 Å². The van der Waals surface area contributed by atoms with E-state index in [0.29, 0.717) is 19.6 Å². The summed E-state index contributed by atoms with van der Waals surface area (Å²) in [5, 5.41) is 11.1. The normalized spacial score (nSPS) is 11.9. The molecule has 0 amide bonds. The van der Waals surface area contributed by atoms with Crippen LogP contribution in [0.15, 0.2) is 48.8 Å². The van der Waals surface area contributed by atoms with Gasteiger partial charge in [-0.2, -0.15) is 5.26 Å². The van der Waals surface area contributed by atoms with Gasteiger partial charge in [-0.1, -0.05) is 18.2 Å². The summed E-state index contributed by atoms with van der Waals surface area (Å²) in [6.45, 7) is 3.98. The summed E-state index contributed by atoms with van der Waals surface area (Å²) in [6.07, 6.45) is 3.61. The van der Waals surface area contributed by atoms with Gasteiger partial charge in [0.25, 0.3) is 0 Å². The molecule has 2 rings (SSSR count). The van der Waals surface area contributed by atoms with Crippen molar-refractivity contribution >= 4 is 0 Å². The molecule has 1 heterocycles. The Bertz CT molecular complexity index is 622. The first-order chi connectivity index (χ1) is 11.2. The third kappa shape index (κ3) is 5.70. The molecular formula is C18H22N4O. The van der Waals surface area contributed by atoms with Crippen molar-refractivity contribution in [1.29, 1.82) is 5.26 Å². The van der Waals surface area contributed by atoms with Crippen LogP contribution in [0.4, 0.5) is 0 Å². The van der Waals surface area contributed by atoms with Gasteiger partial charge in [0.15, 0.2) is 0 Å². The predicted molar refractivity (Wildman–Crippen MR) is 89.3 cm³/mol. The van der Waals surface area contributed by atoms with Crippen molar-refractivity contribution in [3.63, 3.8) is 0 Å². The summed E-state index contributed by atoms with van der Waals surface area (Å²) >= 11 is 0. The van der Waals surface area contributed by atoms with Crippen LogP contribution < -0.4 is 10.2 Å². The van der Waals surface area contributed by atoms with Crippen molar-refractivity contribution in [2.45, 2.75) is 20.0 Å². The molecule has 120 valence electrons. The van der Waals surface area contributed by atoms with E-state index in [1.807, 2.05) is 49.5 Å². The minimum absolute atomic E-state index is 0.0463. The molecule has 5 nitrogen and oxygen atoms in total. The summed E-state index contributed by atoms with van der Waals surface area (Å²) in [5.41, 5.74) is 5.67. The number of hydrazine groups is 1. The highest BCUT2D eigenvalue weighted by Crippen LogP contribution is 2.11.